The van der Waals surface area contributed by atoms with Crippen molar-refractivity contribution in [2.24, 2.45) is 5.73 Å². The number of nitrogens with two attached hydrogens (primary N) is 1. The zero-order chi connectivity index (χ0) is 27.2. The maximum atomic E-state index is 13.2. The Morgan fingerprint density at radius 2 is 1.48 bits per heavy atom. The molecule has 11 heteroatoms. The molecule has 0 heterocycles. The lowest BCUT2D eigenvalue weighted by atomic mass is 10.0. The van der Waals surface area contributed by atoms with Crippen LogP contribution >= 0.6 is 48.0 Å². The predicted octanol–water partition coefficient (Wildman–Crippen LogP) is 5.97. The third-order valence-corrected chi connectivity index (χ3v) is 6.57. The number of nitrogens with one attached hydrogen (secondary N) is 4. The molecule has 7 nitrogen and oxygen atoms in total. The van der Waals surface area contributed by atoms with Crippen LogP contribution in [0, 0.1) is 0 Å². The summed E-state index contributed by atoms with van der Waals surface area (Å²) in [5, 5.41) is 13.0. The highest BCUT2D eigenvalue weighted by Gasteiger charge is 2.23. The summed E-state index contributed by atoms with van der Waals surface area (Å²) in [5.74, 6) is -0.0821. The van der Waals surface area contributed by atoms with E-state index in [0.717, 1.165) is 24.0 Å². The minimum Gasteiger partial charge on any atom is -0.351 e. The lowest BCUT2D eigenvalue weighted by Gasteiger charge is -2.26. The van der Waals surface area contributed by atoms with Gasteiger partial charge in [-0.2, -0.15) is 0 Å². The molecule has 3 aromatic carbocycles. The number of hydrogen-bond donors (Lipinski definition) is 5. The number of urea groups is 1. The topological polar surface area (TPSA) is 108 Å². The Hall–Kier alpha value is -2.52. The van der Waals surface area contributed by atoms with E-state index < -0.39 is 12.1 Å². The van der Waals surface area contributed by atoms with Crippen molar-refractivity contribution in [3.05, 3.63) is 100 Å². The van der Waals surface area contributed by atoms with Gasteiger partial charge in [0.1, 0.15) is 0 Å². The van der Waals surface area contributed by atoms with Crippen LogP contribution in [0.1, 0.15) is 30.4 Å². The number of rotatable bonds is 14. The highest BCUT2D eigenvalue weighted by Crippen LogP contribution is 2.25. The van der Waals surface area contributed by atoms with Crippen LogP contribution in [0.5, 0.6) is 0 Å². The van der Waals surface area contributed by atoms with Gasteiger partial charge in [0.2, 0.25) is 5.91 Å². The van der Waals surface area contributed by atoms with Crippen LogP contribution in [0.25, 0.3) is 0 Å². The molecule has 0 saturated heterocycles. The number of carbonyl (C=O) groups excluding carboxylic acids is 2. The molecule has 40 heavy (non-hydrogen) atoms. The molecule has 0 aliphatic carbocycles. The van der Waals surface area contributed by atoms with Crippen LogP contribution in [0.4, 0.5) is 10.5 Å². The summed E-state index contributed by atoms with van der Waals surface area (Å²) in [6, 6.07) is 23.6. The Labute approximate surface area is 258 Å². The summed E-state index contributed by atoms with van der Waals surface area (Å²) in [4.78, 5) is 25.9. The van der Waals surface area contributed by atoms with E-state index in [4.69, 9.17) is 28.9 Å². The number of halogens is 4. The monoisotopic (exact) mass is 627 g/mol. The zero-order valence-corrected chi connectivity index (χ0v) is 25.2. The molecule has 0 bridgehead atoms. The quantitative estimate of drug-likeness (QED) is 0.142. The van der Waals surface area contributed by atoms with Gasteiger partial charge in [-0.3, -0.25) is 4.79 Å². The summed E-state index contributed by atoms with van der Waals surface area (Å²) < 4.78 is 0. The van der Waals surface area contributed by atoms with Gasteiger partial charge in [-0.15, -0.1) is 24.8 Å². The first kappa shape index (κ1) is 35.5. The van der Waals surface area contributed by atoms with Gasteiger partial charge >= 0.3 is 6.03 Å². The minimum atomic E-state index is -0.436. The Bertz CT molecular complexity index is 1160. The first-order chi connectivity index (χ1) is 18.4. The molecule has 0 fully saturated rings. The zero-order valence-electron chi connectivity index (χ0n) is 22.1. The maximum Gasteiger partial charge on any atom is 0.319 e. The molecular weight excluding hydrogens is 592 g/mol. The van der Waals surface area contributed by atoms with E-state index in [-0.39, 0.29) is 36.8 Å². The fourth-order valence-electron chi connectivity index (χ4n) is 4.04. The molecule has 0 saturated carbocycles. The third-order valence-electron chi connectivity index (χ3n) is 6.02. The second kappa shape index (κ2) is 19.5. The standard InChI is InChI=1S/C29H35Cl2N5O2.2ClH/c30-23-14-15-26(25(31)18-23)36-29(38)34-20-24(17-21-9-3-1-4-10-21)35-27(13-7-8-16-32)28(37)33-19-22-11-5-2-6-12-22;;/h1-6,9-12,14-15,18,24,27,35H,7-8,13,16-17,19-20,32H2,(H,33,37)(H2,34,36,38);2*1H/t24-,27-;;/m0../s1. The van der Waals surface area contributed by atoms with Crippen LogP contribution < -0.4 is 27.0 Å². The number of carbonyl (C=O) groups is 2. The first-order valence-electron chi connectivity index (χ1n) is 12.8. The smallest absolute Gasteiger partial charge is 0.319 e. The normalized spacial score (nSPS) is 11.8. The van der Waals surface area contributed by atoms with Crippen LogP contribution in [0.2, 0.25) is 10.0 Å². The summed E-state index contributed by atoms with van der Waals surface area (Å²) in [6.07, 6.45) is 2.90. The number of anilines is 1. The summed E-state index contributed by atoms with van der Waals surface area (Å²) in [6.45, 7) is 1.31. The van der Waals surface area contributed by atoms with E-state index in [2.05, 4.69) is 21.3 Å². The molecular formula is C29H37Cl4N5O2. The molecule has 0 aliphatic rings. The van der Waals surface area contributed by atoms with E-state index in [1.165, 1.54) is 0 Å². The average molecular weight is 629 g/mol. The van der Waals surface area contributed by atoms with Gasteiger partial charge in [-0.25, -0.2) is 4.79 Å². The number of amides is 3. The van der Waals surface area contributed by atoms with Gasteiger partial charge < -0.3 is 27.0 Å². The van der Waals surface area contributed by atoms with Crippen molar-refractivity contribution in [2.75, 3.05) is 18.4 Å². The SMILES string of the molecule is Cl.Cl.NCCCC[C@H](N[C@H](CNC(=O)Nc1ccc(Cl)cc1Cl)Cc1ccccc1)C(=O)NCc1ccccc1. The van der Waals surface area contributed by atoms with Crippen LogP contribution in [-0.2, 0) is 17.8 Å². The van der Waals surface area contributed by atoms with Gasteiger partial charge in [0.05, 0.1) is 16.8 Å². The number of hydrogen-bond acceptors (Lipinski definition) is 4. The van der Waals surface area contributed by atoms with Crippen molar-refractivity contribution in [3.8, 4) is 0 Å². The highest BCUT2D eigenvalue weighted by atomic mass is 35.5. The van der Waals surface area contributed by atoms with Gasteiger partial charge in [-0.1, -0.05) is 90.3 Å². The van der Waals surface area contributed by atoms with Crippen molar-refractivity contribution in [1.82, 2.24) is 16.0 Å². The summed E-state index contributed by atoms with van der Waals surface area (Å²) in [7, 11) is 0. The van der Waals surface area contributed by atoms with Crippen molar-refractivity contribution in [3.63, 3.8) is 0 Å². The molecule has 6 N–H and O–H groups in total. The van der Waals surface area contributed by atoms with E-state index in [1.807, 2.05) is 60.7 Å². The molecule has 3 rings (SSSR count). The molecule has 3 amide bonds. The lowest BCUT2D eigenvalue weighted by Crippen LogP contribution is -2.52. The molecule has 0 spiro atoms. The molecule has 0 unspecified atom stereocenters. The molecule has 2 atom stereocenters. The lowest BCUT2D eigenvalue weighted by molar-refractivity contribution is -0.123. The average Bonchev–Trinajstić information content (AvgIpc) is 2.92. The van der Waals surface area contributed by atoms with E-state index in [0.29, 0.717) is 48.2 Å². The van der Waals surface area contributed by atoms with Gasteiger partial charge in [0, 0.05) is 24.2 Å². The number of unbranched alkanes of at least 4 members (excludes halogenated alkanes) is 1. The largest absolute Gasteiger partial charge is 0.351 e. The molecule has 0 aliphatic heterocycles. The van der Waals surface area contributed by atoms with Gasteiger partial charge in [0.25, 0.3) is 0 Å². The maximum absolute atomic E-state index is 13.2. The number of benzene rings is 3. The second-order valence-corrected chi connectivity index (χ2v) is 9.90. The van der Waals surface area contributed by atoms with Crippen molar-refractivity contribution < 1.29 is 9.59 Å². The first-order valence-corrected chi connectivity index (χ1v) is 13.5. The molecule has 0 radical (unpaired) electrons. The Kier molecular flexibility index (Phi) is 17.3. The third kappa shape index (κ3) is 12.8. The highest BCUT2D eigenvalue weighted by molar-refractivity contribution is 6.36. The van der Waals surface area contributed by atoms with Crippen LogP contribution in [0.15, 0.2) is 78.9 Å². The van der Waals surface area contributed by atoms with E-state index in [1.54, 1.807) is 18.2 Å². The molecule has 218 valence electrons. The summed E-state index contributed by atoms with van der Waals surface area (Å²) in [5.41, 5.74) is 8.28. The molecule has 0 aromatic heterocycles. The fourth-order valence-corrected chi connectivity index (χ4v) is 4.49. The van der Waals surface area contributed by atoms with Crippen LogP contribution in [-0.4, -0.2) is 37.1 Å². The van der Waals surface area contributed by atoms with Crippen molar-refractivity contribution >= 4 is 65.6 Å². The van der Waals surface area contributed by atoms with Gasteiger partial charge in [-0.05, 0) is 55.1 Å². The summed E-state index contributed by atoms with van der Waals surface area (Å²) >= 11 is 12.1. The van der Waals surface area contributed by atoms with Crippen LogP contribution in [0.3, 0.4) is 0 Å². The predicted molar refractivity (Wildman–Crippen MR) is 170 cm³/mol. The van der Waals surface area contributed by atoms with E-state index in [9.17, 15) is 9.59 Å². The van der Waals surface area contributed by atoms with E-state index >= 15 is 0 Å². The Balaban J connectivity index is 0.00000400. The van der Waals surface area contributed by atoms with Crippen molar-refractivity contribution in [2.45, 2.75) is 44.3 Å². The second-order valence-electron chi connectivity index (χ2n) is 9.05. The van der Waals surface area contributed by atoms with Gasteiger partial charge in [0.15, 0.2) is 0 Å². The fraction of sp³-hybridized carbons (Fsp3) is 0.310. The molecule has 3 aromatic rings. The Morgan fingerprint density at radius 3 is 2.10 bits per heavy atom. The Morgan fingerprint density at radius 1 is 0.825 bits per heavy atom. The minimum absolute atomic E-state index is 0. The van der Waals surface area contributed by atoms with Crippen molar-refractivity contribution in [1.29, 1.82) is 0 Å².